The van der Waals surface area contributed by atoms with Gasteiger partial charge in [0.25, 0.3) is 0 Å². The minimum atomic E-state index is -0.873. The Morgan fingerprint density at radius 2 is 1.86 bits per heavy atom. The summed E-state index contributed by atoms with van der Waals surface area (Å²) in [6, 6.07) is 7.33. The molecule has 1 aromatic rings. The van der Waals surface area contributed by atoms with E-state index in [1.807, 2.05) is 26.0 Å². The van der Waals surface area contributed by atoms with Crippen LogP contribution in [0.2, 0.25) is 0 Å². The van der Waals surface area contributed by atoms with Crippen LogP contribution in [0.25, 0.3) is 0 Å². The van der Waals surface area contributed by atoms with E-state index in [2.05, 4.69) is 5.32 Å². The first kappa shape index (κ1) is 15.4. The Hall–Kier alpha value is -2.04. The van der Waals surface area contributed by atoms with Crippen LogP contribution in [0, 0.1) is 11.8 Å². The Kier molecular flexibility index (Phi) is 4.21. The predicted octanol–water partition coefficient (Wildman–Crippen LogP) is 1.77. The van der Waals surface area contributed by atoms with Gasteiger partial charge in [0.15, 0.2) is 0 Å². The van der Waals surface area contributed by atoms with Gasteiger partial charge in [-0.15, -0.1) is 0 Å². The van der Waals surface area contributed by atoms with Gasteiger partial charge >= 0.3 is 5.97 Å². The van der Waals surface area contributed by atoms with Gasteiger partial charge in [-0.1, -0.05) is 26.0 Å². The zero-order valence-electron chi connectivity index (χ0n) is 12.4. The summed E-state index contributed by atoms with van der Waals surface area (Å²) in [5.41, 5.74) is 6.79. The highest BCUT2D eigenvalue weighted by Gasteiger charge is 2.51. The molecule has 0 heterocycles. The molecule has 1 saturated carbocycles. The fourth-order valence-electron chi connectivity index (χ4n) is 2.55. The van der Waals surface area contributed by atoms with Gasteiger partial charge in [-0.25, -0.2) is 0 Å². The van der Waals surface area contributed by atoms with E-state index in [9.17, 15) is 9.59 Å². The van der Waals surface area contributed by atoms with Gasteiger partial charge in [-0.05, 0) is 36.5 Å². The molecule has 4 N–H and O–H groups in total. The summed E-state index contributed by atoms with van der Waals surface area (Å²) in [4.78, 5) is 23.6. The monoisotopic (exact) mass is 290 g/mol. The molecule has 2 rings (SSSR count). The van der Waals surface area contributed by atoms with Crippen molar-refractivity contribution in [2.75, 3.05) is 12.3 Å². The third-order valence-electron chi connectivity index (χ3n) is 4.25. The number of amides is 1. The Morgan fingerprint density at radius 1 is 1.29 bits per heavy atom. The Balaban J connectivity index is 2.03. The van der Waals surface area contributed by atoms with Crippen LogP contribution >= 0.6 is 0 Å². The fraction of sp³-hybridized carbons (Fsp3) is 0.500. The number of nitrogens with one attached hydrogen (secondary N) is 1. The lowest BCUT2D eigenvalue weighted by molar-refractivity contribution is -0.143. The van der Waals surface area contributed by atoms with Crippen LogP contribution in [0.4, 0.5) is 5.69 Å². The summed E-state index contributed by atoms with van der Waals surface area (Å²) < 4.78 is 0. The third kappa shape index (κ3) is 3.17. The number of carbonyl (C=O) groups is 2. The second kappa shape index (κ2) is 5.76. The smallest absolute Gasteiger partial charge is 0.308 e. The SMILES string of the molecule is CC(C)C(CNC(=O)C1(c2ccc(N)cc2)CC1)C(=O)O. The lowest BCUT2D eigenvalue weighted by Gasteiger charge is -2.20. The van der Waals surface area contributed by atoms with E-state index >= 15 is 0 Å². The molecule has 1 fully saturated rings. The number of rotatable bonds is 6. The molecule has 0 aromatic heterocycles. The molecular formula is C16H22N2O3. The molecule has 0 spiro atoms. The van der Waals surface area contributed by atoms with Crippen molar-refractivity contribution in [3.63, 3.8) is 0 Å². The molecule has 0 radical (unpaired) electrons. The van der Waals surface area contributed by atoms with Crippen molar-refractivity contribution in [2.45, 2.75) is 32.1 Å². The lowest BCUT2D eigenvalue weighted by atomic mass is 9.93. The van der Waals surface area contributed by atoms with Crippen LogP contribution in [0.15, 0.2) is 24.3 Å². The molecule has 0 aliphatic heterocycles. The standard InChI is InChI=1S/C16H22N2O3/c1-10(2)13(14(19)20)9-18-15(21)16(7-8-16)11-3-5-12(17)6-4-11/h3-6,10,13H,7-9,17H2,1-2H3,(H,18,21)(H,19,20). The highest BCUT2D eigenvalue weighted by molar-refractivity contribution is 5.91. The van der Waals surface area contributed by atoms with E-state index in [0.29, 0.717) is 5.69 Å². The summed E-state index contributed by atoms with van der Waals surface area (Å²) >= 11 is 0. The number of benzene rings is 1. The van der Waals surface area contributed by atoms with Gasteiger partial charge in [0.2, 0.25) is 5.91 Å². The van der Waals surface area contributed by atoms with Crippen LogP contribution in [-0.4, -0.2) is 23.5 Å². The second-order valence-corrected chi connectivity index (χ2v) is 6.10. The Morgan fingerprint density at radius 3 is 2.29 bits per heavy atom. The average Bonchev–Trinajstić information content (AvgIpc) is 3.20. The molecule has 1 aliphatic rings. The normalized spacial score (nSPS) is 17.3. The first-order valence-corrected chi connectivity index (χ1v) is 7.24. The maximum Gasteiger partial charge on any atom is 0.308 e. The minimum absolute atomic E-state index is 0.0190. The molecule has 114 valence electrons. The first-order valence-electron chi connectivity index (χ1n) is 7.24. The molecule has 1 aromatic carbocycles. The van der Waals surface area contributed by atoms with Crippen LogP contribution in [0.5, 0.6) is 0 Å². The van der Waals surface area contributed by atoms with E-state index in [4.69, 9.17) is 10.8 Å². The third-order valence-corrected chi connectivity index (χ3v) is 4.25. The van der Waals surface area contributed by atoms with Gasteiger partial charge in [-0.2, -0.15) is 0 Å². The van der Waals surface area contributed by atoms with Crippen LogP contribution in [-0.2, 0) is 15.0 Å². The van der Waals surface area contributed by atoms with Gasteiger partial charge in [0.1, 0.15) is 0 Å². The van der Waals surface area contributed by atoms with Crippen molar-refractivity contribution in [1.29, 1.82) is 0 Å². The van der Waals surface area contributed by atoms with Crippen molar-refractivity contribution in [3.05, 3.63) is 29.8 Å². The molecule has 1 aliphatic carbocycles. The fourth-order valence-corrected chi connectivity index (χ4v) is 2.55. The number of hydrogen-bond donors (Lipinski definition) is 3. The summed E-state index contributed by atoms with van der Waals surface area (Å²) in [7, 11) is 0. The number of carboxylic acids is 1. The lowest BCUT2D eigenvalue weighted by Crippen LogP contribution is -2.40. The Bertz CT molecular complexity index is 533. The molecule has 5 heteroatoms. The van der Waals surface area contributed by atoms with Crippen molar-refractivity contribution >= 4 is 17.6 Å². The van der Waals surface area contributed by atoms with Gasteiger partial charge in [0.05, 0.1) is 11.3 Å². The first-order chi connectivity index (χ1) is 9.86. The molecular weight excluding hydrogens is 268 g/mol. The number of carboxylic acid groups (broad SMARTS) is 1. The zero-order chi connectivity index (χ0) is 15.6. The van der Waals surface area contributed by atoms with Gasteiger partial charge in [-0.3, -0.25) is 9.59 Å². The summed E-state index contributed by atoms with van der Waals surface area (Å²) in [6.07, 6.45) is 1.59. The van der Waals surface area contributed by atoms with E-state index in [1.54, 1.807) is 12.1 Å². The summed E-state index contributed by atoms with van der Waals surface area (Å²) in [5, 5.41) is 12.0. The van der Waals surface area contributed by atoms with Crippen molar-refractivity contribution in [2.24, 2.45) is 11.8 Å². The molecule has 5 nitrogen and oxygen atoms in total. The molecule has 1 amide bonds. The maximum absolute atomic E-state index is 12.4. The van der Waals surface area contributed by atoms with Crippen molar-refractivity contribution in [3.8, 4) is 0 Å². The number of anilines is 1. The zero-order valence-corrected chi connectivity index (χ0v) is 12.4. The van der Waals surface area contributed by atoms with Gasteiger partial charge < -0.3 is 16.2 Å². The molecule has 0 bridgehead atoms. The van der Waals surface area contributed by atoms with Crippen LogP contribution in [0.1, 0.15) is 32.3 Å². The summed E-state index contributed by atoms with van der Waals surface area (Å²) in [6.45, 7) is 3.86. The predicted molar refractivity (Wildman–Crippen MR) is 80.7 cm³/mol. The second-order valence-electron chi connectivity index (χ2n) is 6.10. The minimum Gasteiger partial charge on any atom is -0.481 e. The van der Waals surface area contributed by atoms with Crippen LogP contribution < -0.4 is 11.1 Å². The van der Waals surface area contributed by atoms with Crippen molar-refractivity contribution < 1.29 is 14.7 Å². The number of hydrogen-bond acceptors (Lipinski definition) is 3. The number of aliphatic carboxylic acids is 1. The number of nitrogen functional groups attached to an aromatic ring is 1. The van der Waals surface area contributed by atoms with Gasteiger partial charge in [0, 0.05) is 12.2 Å². The van der Waals surface area contributed by atoms with Crippen LogP contribution in [0.3, 0.4) is 0 Å². The highest BCUT2D eigenvalue weighted by atomic mass is 16.4. The number of carbonyl (C=O) groups excluding carboxylic acids is 1. The quantitative estimate of drug-likeness (QED) is 0.696. The molecule has 21 heavy (non-hydrogen) atoms. The molecule has 1 atom stereocenters. The van der Waals surface area contributed by atoms with E-state index in [0.717, 1.165) is 18.4 Å². The average molecular weight is 290 g/mol. The Labute approximate surface area is 124 Å². The number of nitrogens with two attached hydrogens (primary N) is 1. The topological polar surface area (TPSA) is 92.4 Å². The van der Waals surface area contributed by atoms with E-state index in [-0.39, 0.29) is 18.4 Å². The highest BCUT2D eigenvalue weighted by Crippen LogP contribution is 2.48. The molecule has 0 saturated heterocycles. The van der Waals surface area contributed by atoms with E-state index in [1.165, 1.54) is 0 Å². The molecule has 1 unspecified atom stereocenters. The maximum atomic E-state index is 12.4. The van der Waals surface area contributed by atoms with E-state index < -0.39 is 17.3 Å². The summed E-state index contributed by atoms with van der Waals surface area (Å²) in [5.74, 6) is -1.53. The van der Waals surface area contributed by atoms with Crippen molar-refractivity contribution in [1.82, 2.24) is 5.32 Å². The largest absolute Gasteiger partial charge is 0.481 e.